The molecule has 0 fully saturated rings. The smallest absolute Gasteiger partial charge is 0.179 e. The van der Waals surface area contributed by atoms with Gasteiger partial charge in [-0.1, -0.05) is 47.7 Å². The summed E-state index contributed by atoms with van der Waals surface area (Å²) in [5, 5.41) is 13.2. The van der Waals surface area contributed by atoms with Crippen molar-refractivity contribution in [3.63, 3.8) is 0 Å². The Hall–Kier alpha value is -0.620. The van der Waals surface area contributed by atoms with Crippen molar-refractivity contribution in [2.45, 2.75) is 29.6 Å². The molecule has 1 aromatic heterocycles. The molecule has 0 bridgehead atoms. The number of nitrogens with one attached hydrogen (secondary N) is 1. The molecule has 0 aliphatic heterocycles. The van der Waals surface area contributed by atoms with Crippen LogP contribution in [0, 0.1) is 6.92 Å². The maximum absolute atomic E-state index is 6.25. The van der Waals surface area contributed by atoms with E-state index in [1.54, 1.807) is 23.1 Å². The van der Waals surface area contributed by atoms with Crippen molar-refractivity contribution in [2.24, 2.45) is 0 Å². The molecular formula is C12H14ClN3S2. The van der Waals surface area contributed by atoms with Crippen LogP contribution in [0.4, 0.5) is 0 Å². The van der Waals surface area contributed by atoms with Gasteiger partial charge in [0.2, 0.25) is 0 Å². The van der Waals surface area contributed by atoms with Crippen LogP contribution < -0.4 is 5.32 Å². The molecule has 96 valence electrons. The van der Waals surface area contributed by atoms with Gasteiger partial charge in [0.1, 0.15) is 5.01 Å². The molecule has 0 aliphatic rings. The van der Waals surface area contributed by atoms with E-state index in [2.05, 4.69) is 28.5 Å². The van der Waals surface area contributed by atoms with Crippen molar-refractivity contribution < 1.29 is 0 Å². The predicted octanol–water partition coefficient (Wildman–Crippen LogP) is 3.76. The van der Waals surface area contributed by atoms with E-state index in [4.69, 9.17) is 11.6 Å². The summed E-state index contributed by atoms with van der Waals surface area (Å²) in [7, 11) is 0. The Morgan fingerprint density at radius 3 is 2.89 bits per heavy atom. The van der Waals surface area contributed by atoms with Gasteiger partial charge in [-0.3, -0.25) is 0 Å². The van der Waals surface area contributed by atoms with Crippen molar-refractivity contribution in [3.8, 4) is 0 Å². The summed E-state index contributed by atoms with van der Waals surface area (Å²) in [5.41, 5.74) is 1.12. The molecule has 18 heavy (non-hydrogen) atoms. The summed E-state index contributed by atoms with van der Waals surface area (Å²) in [6, 6.07) is 5.96. The van der Waals surface area contributed by atoms with Crippen LogP contribution in [0.2, 0.25) is 5.02 Å². The van der Waals surface area contributed by atoms with Crippen molar-refractivity contribution in [3.05, 3.63) is 33.8 Å². The van der Waals surface area contributed by atoms with E-state index in [0.717, 1.165) is 37.9 Å². The second kappa shape index (κ2) is 6.52. The second-order valence-corrected chi connectivity index (χ2v) is 6.56. The first-order chi connectivity index (χ1) is 8.70. The first-order valence-corrected chi connectivity index (χ1v) is 7.68. The molecule has 2 aromatic rings. The van der Waals surface area contributed by atoms with Crippen LogP contribution in [-0.2, 0) is 6.54 Å². The lowest BCUT2D eigenvalue weighted by molar-refractivity contribution is 0.718. The van der Waals surface area contributed by atoms with Crippen LogP contribution in [0.1, 0.15) is 17.5 Å². The summed E-state index contributed by atoms with van der Waals surface area (Å²) < 4.78 is 0.951. The topological polar surface area (TPSA) is 37.8 Å². The summed E-state index contributed by atoms with van der Waals surface area (Å²) in [4.78, 5) is 1.14. The maximum atomic E-state index is 6.25. The number of aromatic nitrogens is 2. The maximum Gasteiger partial charge on any atom is 0.179 e. The summed E-state index contributed by atoms with van der Waals surface area (Å²) >= 11 is 9.47. The Kier molecular flexibility index (Phi) is 5.00. The van der Waals surface area contributed by atoms with Crippen LogP contribution in [-0.4, -0.2) is 16.7 Å². The molecule has 0 aliphatic carbocycles. The van der Waals surface area contributed by atoms with Crippen LogP contribution in [0.25, 0.3) is 0 Å². The Labute approximate surface area is 120 Å². The van der Waals surface area contributed by atoms with E-state index in [1.807, 2.05) is 19.1 Å². The fraction of sp³-hybridized carbons (Fsp3) is 0.333. The van der Waals surface area contributed by atoms with E-state index in [9.17, 15) is 0 Å². The van der Waals surface area contributed by atoms with Crippen molar-refractivity contribution in [2.75, 3.05) is 6.54 Å². The average Bonchev–Trinajstić information content (AvgIpc) is 2.74. The Bertz CT molecular complexity index is 528. The minimum Gasteiger partial charge on any atom is -0.313 e. The SMILES string of the molecule is CCNCc1c(Cl)cccc1Sc1nnc(C)s1. The van der Waals surface area contributed by atoms with Gasteiger partial charge >= 0.3 is 0 Å². The lowest BCUT2D eigenvalue weighted by Gasteiger charge is -2.10. The Morgan fingerprint density at radius 2 is 2.22 bits per heavy atom. The molecule has 0 atom stereocenters. The summed E-state index contributed by atoms with van der Waals surface area (Å²) in [6.45, 7) is 5.74. The van der Waals surface area contributed by atoms with Gasteiger partial charge in [0.05, 0.1) is 0 Å². The van der Waals surface area contributed by atoms with E-state index < -0.39 is 0 Å². The first kappa shape index (κ1) is 13.8. The minimum absolute atomic E-state index is 0.774. The molecule has 1 N–H and O–H groups in total. The van der Waals surface area contributed by atoms with Gasteiger partial charge in [-0.25, -0.2) is 0 Å². The van der Waals surface area contributed by atoms with Gasteiger partial charge in [-0.05, 0) is 31.2 Å². The van der Waals surface area contributed by atoms with Gasteiger partial charge in [-0.15, -0.1) is 10.2 Å². The number of benzene rings is 1. The van der Waals surface area contributed by atoms with Gasteiger partial charge in [0, 0.05) is 16.5 Å². The molecule has 1 aromatic carbocycles. The van der Waals surface area contributed by atoms with Crippen molar-refractivity contribution >= 4 is 34.7 Å². The van der Waals surface area contributed by atoms with Gasteiger partial charge in [-0.2, -0.15) is 0 Å². The molecule has 0 unspecified atom stereocenters. The highest BCUT2D eigenvalue weighted by molar-refractivity contribution is 8.01. The van der Waals surface area contributed by atoms with Crippen LogP contribution in [0.5, 0.6) is 0 Å². The number of rotatable bonds is 5. The van der Waals surface area contributed by atoms with Crippen LogP contribution in [0.3, 0.4) is 0 Å². The summed E-state index contributed by atoms with van der Waals surface area (Å²) in [6.07, 6.45) is 0. The monoisotopic (exact) mass is 299 g/mol. The predicted molar refractivity (Wildman–Crippen MR) is 77.6 cm³/mol. The molecule has 0 amide bonds. The van der Waals surface area contributed by atoms with Crippen molar-refractivity contribution in [1.29, 1.82) is 0 Å². The largest absolute Gasteiger partial charge is 0.313 e. The number of aryl methyl sites for hydroxylation is 1. The number of nitrogens with zero attached hydrogens (tertiary/aromatic N) is 2. The Morgan fingerprint density at radius 1 is 1.39 bits per heavy atom. The highest BCUT2D eigenvalue weighted by Crippen LogP contribution is 2.35. The molecule has 2 rings (SSSR count). The molecule has 0 saturated heterocycles. The van der Waals surface area contributed by atoms with E-state index in [0.29, 0.717) is 0 Å². The normalized spacial score (nSPS) is 10.8. The molecule has 3 nitrogen and oxygen atoms in total. The van der Waals surface area contributed by atoms with Gasteiger partial charge in [0.15, 0.2) is 4.34 Å². The fourth-order valence-corrected chi connectivity index (χ4v) is 3.70. The zero-order chi connectivity index (χ0) is 13.0. The molecule has 6 heteroatoms. The zero-order valence-electron chi connectivity index (χ0n) is 10.2. The quantitative estimate of drug-likeness (QED) is 0.912. The standard InChI is InChI=1S/C12H14ClN3S2/c1-3-14-7-9-10(13)5-4-6-11(9)18-12-16-15-8(2)17-12/h4-6,14H,3,7H2,1-2H3. The number of hydrogen-bond acceptors (Lipinski definition) is 5. The van der Waals surface area contributed by atoms with E-state index >= 15 is 0 Å². The third-order valence-corrected chi connectivity index (χ3v) is 4.68. The minimum atomic E-state index is 0.774. The fourth-order valence-electron chi connectivity index (χ4n) is 1.47. The van der Waals surface area contributed by atoms with E-state index in [-0.39, 0.29) is 0 Å². The van der Waals surface area contributed by atoms with Crippen LogP contribution in [0.15, 0.2) is 27.4 Å². The number of halogens is 1. The lowest BCUT2D eigenvalue weighted by Crippen LogP contribution is -2.12. The van der Waals surface area contributed by atoms with Gasteiger partial charge in [0.25, 0.3) is 0 Å². The lowest BCUT2D eigenvalue weighted by atomic mass is 10.2. The third-order valence-electron chi connectivity index (χ3n) is 2.33. The zero-order valence-corrected chi connectivity index (χ0v) is 12.6. The molecular weight excluding hydrogens is 286 g/mol. The van der Waals surface area contributed by atoms with Crippen molar-refractivity contribution in [1.82, 2.24) is 15.5 Å². The molecule has 0 spiro atoms. The summed E-state index contributed by atoms with van der Waals surface area (Å²) in [5.74, 6) is 0. The van der Waals surface area contributed by atoms with Crippen LogP contribution >= 0.6 is 34.7 Å². The highest BCUT2D eigenvalue weighted by atomic mass is 35.5. The second-order valence-electron chi connectivity index (χ2n) is 3.69. The number of hydrogen-bond donors (Lipinski definition) is 1. The molecule has 1 heterocycles. The average molecular weight is 300 g/mol. The van der Waals surface area contributed by atoms with E-state index in [1.165, 1.54) is 0 Å². The third kappa shape index (κ3) is 3.45. The highest BCUT2D eigenvalue weighted by Gasteiger charge is 2.10. The first-order valence-electron chi connectivity index (χ1n) is 5.66. The Balaban J connectivity index is 2.23. The molecule has 0 saturated carbocycles. The van der Waals surface area contributed by atoms with Gasteiger partial charge < -0.3 is 5.32 Å². The molecule has 0 radical (unpaired) electrons.